The van der Waals surface area contributed by atoms with Gasteiger partial charge in [-0.05, 0) is 31.4 Å². The lowest BCUT2D eigenvalue weighted by Gasteiger charge is -2.23. The Bertz CT molecular complexity index is 897. The Morgan fingerprint density at radius 2 is 1.62 bits per heavy atom. The van der Waals surface area contributed by atoms with Crippen LogP contribution in [0, 0.1) is 0 Å². The molecular weight excluding hydrogens is 424 g/mol. The summed E-state index contributed by atoms with van der Waals surface area (Å²) in [6, 6.07) is 4.09. The Hall–Kier alpha value is -3.96. The molecule has 1 aliphatic rings. The summed E-state index contributed by atoms with van der Waals surface area (Å²) in [5.41, 5.74) is 2.91. The van der Waals surface area contributed by atoms with Crippen LogP contribution in [0.4, 0.5) is 4.79 Å². The molecule has 0 aliphatic carbocycles. The molecular formula is C20H24N4O8. The van der Waals surface area contributed by atoms with Crippen molar-refractivity contribution >= 4 is 35.7 Å². The number of hydrazine groups is 1. The maximum atomic E-state index is 12.3. The van der Waals surface area contributed by atoms with Crippen molar-refractivity contribution in [3.8, 4) is 0 Å². The summed E-state index contributed by atoms with van der Waals surface area (Å²) in [6.07, 6.45) is -0.0620. The summed E-state index contributed by atoms with van der Waals surface area (Å²) >= 11 is 0. The molecule has 12 heteroatoms. The Balaban J connectivity index is 1.82. The van der Waals surface area contributed by atoms with Crippen molar-refractivity contribution in [2.45, 2.75) is 38.6 Å². The van der Waals surface area contributed by atoms with Crippen LogP contribution in [-0.4, -0.2) is 74.9 Å². The first-order valence-corrected chi connectivity index (χ1v) is 9.87. The second-order valence-electron chi connectivity index (χ2n) is 7.09. The highest BCUT2D eigenvalue weighted by Crippen LogP contribution is 2.22. The Morgan fingerprint density at radius 3 is 2.12 bits per heavy atom. The summed E-state index contributed by atoms with van der Waals surface area (Å²) in [5, 5.41) is 20.8. The molecule has 1 atom stereocenters. The van der Waals surface area contributed by atoms with Crippen LogP contribution >= 0.6 is 0 Å². The Kier molecular flexibility index (Phi) is 8.27. The van der Waals surface area contributed by atoms with Crippen molar-refractivity contribution in [2.75, 3.05) is 13.1 Å². The third-order valence-electron chi connectivity index (χ3n) is 4.76. The highest BCUT2D eigenvalue weighted by atomic mass is 16.4. The van der Waals surface area contributed by atoms with Crippen molar-refractivity contribution in [3.05, 3.63) is 35.4 Å². The number of carbonyl (C=O) groups excluding carboxylic acids is 4. The molecule has 0 radical (unpaired) electrons. The molecule has 172 valence electrons. The zero-order chi connectivity index (χ0) is 23.8. The van der Waals surface area contributed by atoms with E-state index in [1.54, 1.807) is 24.3 Å². The fourth-order valence-corrected chi connectivity index (χ4v) is 3.11. The van der Waals surface area contributed by atoms with E-state index in [1.165, 1.54) is 6.92 Å². The summed E-state index contributed by atoms with van der Waals surface area (Å²) in [5.74, 6) is -3.89. The second-order valence-corrected chi connectivity index (χ2v) is 7.09. The van der Waals surface area contributed by atoms with Crippen molar-refractivity contribution in [1.82, 2.24) is 20.7 Å². The summed E-state index contributed by atoms with van der Waals surface area (Å²) in [7, 11) is 0. The van der Waals surface area contributed by atoms with Gasteiger partial charge in [0.05, 0.1) is 11.1 Å². The molecule has 4 N–H and O–H groups in total. The predicted molar refractivity (Wildman–Crippen MR) is 108 cm³/mol. The molecule has 12 nitrogen and oxygen atoms in total. The van der Waals surface area contributed by atoms with E-state index in [0.29, 0.717) is 24.0 Å². The minimum absolute atomic E-state index is 0.0544. The first-order valence-electron chi connectivity index (χ1n) is 9.87. The molecule has 0 bridgehead atoms. The number of unbranched alkanes of at least 4 members (excludes halogenated alkanes) is 1. The van der Waals surface area contributed by atoms with Gasteiger partial charge in [-0.3, -0.25) is 29.1 Å². The third kappa shape index (κ3) is 6.27. The van der Waals surface area contributed by atoms with Crippen LogP contribution in [0.5, 0.6) is 0 Å². The van der Waals surface area contributed by atoms with Gasteiger partial charge in [0.25, 0.3) is 11.8 Å². The number of carboxylic acid groups (broad SMARTS) is 2. The standard InChI is InChI=1S/C20H24N4O8/c1-12(25)24(22-20(32)21-15(19(30)31)8-9-16(26)27)11-5-4-10-23-17(28)13-6-2-3-7-14(13)18(23)29/h2-3,6-7,15H,4-5,8-11H2,1H3,(H,26,27)(H,30,31)(H2,21,22,32). The highest BCUT2D eigenvalue weighted by Gasteiger charge is 2.34. The maximum Gasteiger partial charge on any atom is 0.334 e. The van der Waals surface area contributed by atoms with Gasteiger partial charge in [0.2, 0.25) is 5.91 Å². The smallest absolute Gasteiger partial charge is 0.334 e. The van der Waals surface area contributed by atoms with Gasteiger partial charge in [-0.25, -0.2) is 15.0 Å². The van der Waals surface area contributed by atoms with E-state index in [-0.39, 0.29) is 31.3 Å². The zero-order valence-electron chi connectivity index (χ0n) is 17.4. The van der Waals surface area contributed by atoms with Gasteiger partial charge in [0.15, 0.2) is 0 Å². The van der Waals surface area contributed by atoms with E-state index in [2.05, 4.69) is 10.7 Å². The number of hydrogen-bond acceptors (Lipinski definition) is 6. The molecule has 0 saturated heterocycles. The van der Waals surface area contributed by atoms with Crippen LogP contribution in [0.1, 0.15) is 53.3 Å². The van der Waals surface area contributed by atoms with E-state index in [0.717, 1.165) is 9.91 Å². The normalized spacial score (nSPS) is 13.3. The number of aliphatic carboxylic acids is 2. The molecule has 5 amide bonds. The molecule has 1 aromatic rings. The lowest BCUT2D eigenvalue weighted by Crippen LogP contribution is -2.53. The first kappa shape index (κ1) is 24.3. The molecule has 1 aromatic carbocycles. The van der Waals surface area contributed by atoms with E-state index in [4.69, 9.17) is 10.2 Å². The number of hydrogen-bond donors (Lipinski definition) is 4. The molecule has 0 spiro atoms. The van der Waals surface area contributed by atoms with Gasteiger partial charge in [-0.15, -0.1) is 0 Å². The van der Waals surface area contributed by atoms with E-state index >= 15 is 0 Å². The van der Waals surface area contributed by atoms with E-state index < -0.39 is 36.3 Å². The van der Waals surface area contributed by atoms with Crippen LogP contribution in [0.2, 0.25) is 0 Å². The average Bonchev–Trinajstić information content (AvgIpc) is 2.97. The number of benzene rings is 1. The van der Waals surface area contributed by atoms with E-state index in [9.17, 15) is 28.8 Å². The SMILES string of the molecule is CC(=O)N(CCCCN1C(=O)c2ccccc2C1=O)NC(=O)NC(CCC(=O)O)C(=O)O. The van der Waals surface area contributed by atoms with Gasteiger partial charge in [-0.1, -0.05) is 12.1 Å². The molecule has 0 aromatic heterocycles. The molecule has 0 saturated carbocycles. The number of urea groups is 1. The van der Waals surface area contributed by atoms with Crippen LogP contribution in [0.25, 0.3) is 0 Å². The maximum absolute atomic E-state index is 12.3. The summed E-state index contributed by atoms with van der Waals surface area (Å²) < 4.78 is 0. The fraction of sp³-hybridized carbons (Fsp3) is 0.400. The number of carbonyl (C=O) groups is 6. The third-order valence-corrected chi connectivity index (χ3v) is 4.76. The van der Waals surface area contributed by atoms with Crippen molar-refractivity contribution in [3.63, 3.8) is 0 Å². The minimum atomic E-state index is -1.44. The van der Waals surface area contributed by atoms with Gasteiger partial charge in [0.1, 0.15) is 6.04 Å². The number of amides is 5. The largest absolute Gasteiger partial charge is 0.481 e. The van der Waals surface area contributed by atoms with Crippen molar-refractivity contribution < 1.29 is 39.0 Å². The van der Waals surface area contributed by atoms with Crippen LogP contribution in [0.15, 0.2) is 24.3 Å². The van der Waals surface area contributed by atoms with E-state index in [1.807, 2.05) is 0 Å². The molecule has 1 heterocycles. The average molecular weight is 448 g/mol. The van der Waals surface area contributed by atoms with Gasteiger partial charge >= 0.3 is 18.0 Å². The van der Waals surface area contributed by atoms with Crippen molar-refractivity contribution in [2.24, 2.45) is 0 Å². The topological polar surface area (TPSA) is 173 Å². The number of nitrogens with one attached hydrogen (secondary N) is 2. The fourth-order valence-electron chi connectivity index (χ4n) is 3.11. The lowest BCUT2D eigenvalue weighted by molar-refractivity contribution is -0.140. The monoisotopic (exact) mass is 448 g/mol. The minimum Gasteiger partial charge on any atom is -0.481 e. The number of fused-ring (bicyclic) bond motifs is 1. The number of rotatable bonds is 10. The van der Waals surface area contributed by atoms with Gasteiger partial charge in [-0.2, -0.15) is 0 Å². The molecule has 32 heavy (non-hydrogen) atoms. The van der Waals surface area contributed by atoms with Crippen LogP contribution in [-0.2, 0) is 14.4 Å². The van der Waals surface area contributed by atoms with Crippen LogP contribution in [0.3, 0.4) is 0 Å². The molecule has 2 rings (SSSR count). The number of imide groups is 1. The molecule has 0 fully saturated rings. The molecule has 1 aliphatic heterocycles. The molecule has 1 unspecified atom stereocenters. The predicted octanol–water partition coefficient (Wildman–Crippen LogP) is 0.444. The number of carboxylic acids is 2. The highest BCUT2D eigenvalue weighted by molar-refractivity contribution is 6.21. The van der Waals surface area contributed by atoms with Crippen LogP contribution < -0.4 is 10.7 Å². The second kappa shape index (κ2) is 10.9. The Labute approximate surface area is 183 Å². The Morgan fingerprint density at radius 1 is 1.03 bits per heavy atom. The van der Waals surface area contributed by atoms with Gasteiger partial charge in [0, 0.05) is 26.4 Å². The zero-order valence-corrected chi connectivity index (χ0v) is 17.4. The summed E-state index contributed by atoms with van der Waals surface area (Å²) in [4.78, 5) is 71.4. The quantitative estimate of drug-likeness (QED) is 0.227. The number of nitrogens with zero attached hydrogens (tertiary/aromatic N) is 2. The lowest BCUT2D eigenvalue weighted by atomic mass is 10.1. The summed E-state index contributed by atoms with van der Waals surface area (Å²) in [6.45, 7) is 1.39. The van der Waals surface area contributed by atoms with Gasteiger partial charge < -0.3 is 15.5 Å². The van der Waals surface area contributed by atoms with Crippen molar-refractivity contribution in [1.29, 1.82) is 0 Å². The first-order chi connectivity index (χ1) is 15.1.